The maximum Gasteiger partial charge on any atom is 0.243 e. The SMILES string of the molecule is Cc1ccc(NC(=O)C(N)C(C)C)cc1S(=O)(=O)N1CCCCC1.Cl. The summed E-state index contributed by atoms with van der Waals surface area (Å²) >= 11 is 0. The molecule has 6 nitrogen and oxygen atoms in total. The first-order valence-corrected chi connectivity index (χ1v) is 9.84. The summed E-state index contributed by atoms with van der Waals surface area (Å²) in [6.07, 6.45) is 2.84. The summed E-state index contributed by atoms with van der Waals surface area (Å²) in [4.78, 5) is 12.4. The monoisotopic (exact) mass is 389 g/mol. The number of benzene rings is 1. The van der Waals surface area contributed by atoms with Crippen molar-refractivity contribution < 1.29 is 13.2 Å². The predicted octanol–water partition coefficient (Wildman–Crippen LogP) is 2.51. The molecule has 2 rings (SSSR count). The van der Waals surface area contributed by atoms with Crippen molar-refractivity contribution in [2.75, 3.05) is 18.4 Å². The van der Waals surface area contributed by atoms with Crippen LogP contribution in [0.15, 0.2) is 23.1 Å². The molecule has 142 valence electrons. The first-order chi connectivity index (χ1) is 11.2. The third kappa shape index (κ3) is 5.17. The summed E-state index contributed by atoms with van der Waals surface area (Å²) < 4.78 is 27.3. The van der Waals surface area contributed by atoms with Crippen molar-refractivity contribution in [1.82, 2.24) is 4.31 Å². The number of nitrogens with two attached hydrogens (primary N) is 1. The highest BCUT2D eigenvalue weighted by atomic mass is 35.5. The van der Waals surface area contributed by atoms with Crippen molar-refractivity contribution in [1.29, 1.82) is 0 Å². The van der Waals surface area contributed by atoms with Gasteiger partial charge in [0.15, 0.2) is 0 Å². The lowest BCUT2D eigenvalue weighted by molar-refractivity contribution is -0.118. The Morgan fingerprint density at radius 1 is 1.20 bits per heavy atom. The molecule has 0 aromatic heterocycles. The summed E-state index contributed by atoms with van der Waals surface area (Å²) in [7, 11) is -3.54. The quantitative estimate of drug-likeness (QED) is 0.809. The number of hydrogen-bond acceptors (Lipinski definition) is 4. The molecule has 0 bridgehead atoms. The van der Waals surface area contributed by atoms with Gasteiger partial charge in [-0.2, -0.15) is 4.31 Å². The minimum Gasteiger partial charge on any atom is -0.325 e. The van der Waals surface area contributed by atoms with Crippen LogP contribution in [0.1, 0.15) is 38.7 Å². The molecule has 0 saturated carbocycles. The highest BCUT2D eigenvalue weighted by Gasteiger charge is 2.28. The van der Waals surface area contributed by atoms with Crippen molar-refractivity contribution in [2.24, 2.45) is 11.7 Å². The molecule has 1 aliphatic heterocycles. The second-order valence-electron chi connectivity index (χ2n) is 6.70. The molecule has 1 fully saturated rings. The Morgan fingerprint density at radius 3 is 2.36 bits per heavy atom. The number of rotatable bonds is 5. The van der Waals surface area contributed by atoms with Gasteiger partial charge in [-0.25, -0.2) is 8.42 Å². The second-order valence-corrected chi connectivity index (χ2v) is 8.61. The van der Waals surface area contributed by atoms with Crippen LogP contribution in [0.5, 0.6) is 0 Å². The van der Waals surface area contributed by atoms with Gasteiger partial charge in [-0.3, -0.25) is 4.79 Å². The summed E-state index contributed by atoms with van der Waals surface area (Å²) in [6.45, 7) is 6.60. The largest absolute Gasteiger partial charge is 0.325 e. The molecular weight excluding hydrogens is 362 g/mol. The van der Waals surface area contributed by atoms with Crippen molar-refractivity contribution in [2.45, 2.75) is 51.0 Å². The van der Waals surface area contributed by atoms with Gasteiger partial charge in [-0.05, 0) is 43.4 Å². The molecule has 1 aliphatic rings. The van der Waals surface area contributed by atoms with E-state index in [-0.39, 0.29) is 29.1 Å². The van der Waals surface area contributed by atoms with Gasteiger partial charge in [0.25, 0.3) is 0 Å². The van der Waals surface area contributed by atoms with E-state index >= 15 is 0 Å². The predicted molar refractivity (Wildman–Crippen MR) is 102 cm³/mol. The van der Waals surface area contributed by atoms with Gasteiger partial charge in [0, 0.05) is 18.8 Å². The second kappa shape index (κ2) is 8.98. The molecule has 8 heteroatoms. The number of nitrogens with one attached hydrogen (secondary N) is 1. The van der Waals surface area contributed by atoms with Gasteiger partial charge in [0.1, 0.15) is 0 Å². The lowest BCUT2D eigenvalue weighted by atomic mass is 10.0. The van der Waals surface area contributed by atoms with Crippen LogP contribution in [-0.4, -0.2) is 37.8 Å². The van der Waals surface area contributed by atoms with Gasteiger partial charge in [-0.15, -0.1) is 12.4 Å². The molecule has 0 radical (unpaired) electrons. The zero-order chi connectivity index (χ0) is 17.9. The van der Waals surface area contributed by atoms with Crippen molar-refractivity contribution in [3.05, 3.63) is 23.8 Å². The van der Waals surface area contributed by atoms with Gasteiger partial charge in [0.05, 0.1) is 10.9 Å². The fourth-order valence-electron chi connectivity index (χ4n) is 2.73. The Kier molecular flexibility index (Phi) is 7.87. The van der Waals surface area contributed by atoms with Crippen LogP contribution in [0.4, 0.5) is 5.69 Å². The first kappa shape index (κ1) is 21.9. The number of piperidine rings is 1. The van der Waals surface area contributed by atoms with Crippen molar-refractivity contribution >= 4 is 34.0 Å². The fourth-order valence-corrected chi connectivity index (χ4v) is 4.50. The lowest BCUT2D eigenvalue weighted by Gasteiger charge is -2.26. The third-order valence-corrected chi connectivity index (χ3v) is 6.45. The van der Waals surface area contributed by atoms with E-state index in [0.29, 0.717) is 24.3 Å². The van der Waals surface area contributed by atoms with E-state index in [9.17, 15) is 13.2 Å². The average molecular weight is 390 g/mol. The number of nitrogens with zero attached hydrogens (tertiary/aromatic N) is 1. The number of carbonyl (C=O) groups excluding carboxylic acids is 1. The Balaban J connectivity index is 0.00000312. The average Bonchev–Trinajstić information content (AvgIpc) is 2.56. The maximum absolute atomic E-state index is 12.9. The van der Waals surface area contributed by atoms with Crippen LogP contribution in [-0.2, 0) is 14.8 Å². The van der Waals surface area contributed by atoms with Gasteiger partial charge in [0.2, 0.25) is 15.9 Å². The van der Waals surface area contributed by atoms with E-state index in [4.69, 9.17) is 5.73 Å². The molecule has 1 heterocycles. The fraction of sp³-hybridized carbons (Fsp3) is 0.588. The van der Waals surface area contributed by atoms with Crippen LogP contribution in [0, 0.1) is 12.8 Å². The number of aryl methyl sites for hydroxylation is 1. The van der Waals surface area contributed by atoms with Crippen LogP contribution >= 0.6 is 12.4 Å². The van der Waals surface area contributed by atoms with Crippen molar-refractivity contribution in [3.63, 3.8) is 0 Å². The van der Waals surface area contributed by atoms with E-state index in [1.807, 2.05) is 13.8 Å². The zero-order valence-electron chi connectivity index (χ0n) is 15.0. The van der Waals surface area contributed by atoms with Crippen LogP contribution in [0.3, 0.4) is 0 Å². The maximum atomic E-state index is 12.9. The molecule has 0 aliphatic carbocycles. The minimum atomic E-state index is -3.54. The van der Waals surface area contributed by atoms with E-state index in [1.54, 1.807) is 19.1 Å². The molecule has 1 amide bonds. The molecule has 25 heavy (non-hydrogen) atoms. The van der Waals surface area contributed by atoms with E-state index in [2.05, 4.69) is 5.32 Å². The summed E-state index contributed by atoms with van der Waals surface area (Å²) in [6, 6.07) is 4.32. The molecule has 1 unspecified atom stereocenters. The molecule has 1 aromatic rings. The Hall–Kier alpha value is -1.15. The standard InChI is InChI=1S/C17H27N3O3S.ClH/c1-12(2)16(18)17(21)19-14-8-7-13(3)15(11-14)24(22,23)20-9-5-4-6-10-20;/h7-8,11-12,16H,4-6,9-10,18H2,1-3H3,(H,19,21);1H. The first-order valence-electron chi connectivity index (χ1n) is 8.40. The molecule has 1 atom stereocenters. The summed E-state index contributed by atoms with van der Waals surface area (Å²) in [5.41, 5.74) is 6.97. The summed E-state index contributed by atoms with van der Waals surface area (Å²) in [5.74, 6) is -0.304. The smallest absolute Gasteiger partial charge is 0.243 e. The highest BCUT2D eigenvalue weighted by Crippen LogP contribution is 2.26. The number of carbonyl (C=O) groups is 1. The molecular formula is C17H28ClN3O3S. The molecule has 1 aromatic carbocycles. The zero-order valence-corrected chi connectivity index (χ0v) is 16.6. The number of anilines is 1. The summed E-state index contributed by atoms with van der Waals surface area (Å²) in [5, 5.41) is 2.72. The Labute approximate surface area is 156 Å². The van der Waals surface area contributed by atoms with Crippen molar-refractivity contribution in [3.8, 4) is 0 Å². The van der Waals surface area contributed by atoms with Gasteiger partial charge >= 0.3 is 0 Å². The molecule has 1 saturated heterocycles. The molecule has 3 N–H and O–H groups in total. The normalized spacial score (nSPS) is 17.0. The Bertz CT molecular complexity index is 701. The van der Waals surface area contributed by atoms with Gasteiger partial charge < -0.3 is 11.1 Å². The number of amides is 1. The number of sulfonamides is 1. The van der Waals surface area contributed by atoms with Crippen LogP contribution in [0.2, 0.25) is 0 Å². The Morgan fingerprint density at radius 2 is 1.80 bits per heavy atom. The van der Waals surface area contributed by atoms with E-state index in [0.717, 1.165) is 19.3 Å². The number of hydrogen-bond donors (Lipinski definition) is 2. The molecule has 0 spiro atoms. The van der Waals surface area contributed by atoms with E-state index < -0.39 is 16.1 Å². The van der Waals surface area contributed by atoms with Crippen LogP contribution < -0.4 is 11.1 Å². The van der Waals surface area contributed by atoms with Crippen LogP contribution in [0.25, 0.3) is 0 Å². The topological polar surface area (TPSA) is 92.5 Å². The lowest BCUT2D eigenvalue weighted by Crippen LogP contribution is -2.39. The highest BCUT2D eigenvalue weighted by molar-refractivity contribution is 7.89. The third-order valence-electron chi connectivity index (χ3n) is 4.41. The minimum absolute atomic E-state index is 0. The number of halogens is 1. The van der Waals surface area contributed by atoms with E-state index in [1.165, 1.54) is 10.4 Å². The van der Waals surface area contributed by atoms with Gasteiger partial charge in [-0.1, -0.05) is 26.3 Å².